The summed E-state index contributed by atoms with van der Waals surface area (Å²) in [5.41, 5.74) is 1.74. The SMILES string of the molecule is CCC(C)(C)c1cccc(CS(=O)(=O)O)c1. The lowest BCUT2D eigenvalue weighted by Gasteiger charge is -2.23. The Morgan fingerprint density at radius 2 is 1.94 bits per heavy atom. The Labute approximate surface area is 97.2 Å². The maximum Gasteiger partial charge on any atom is 0.269 e. The van der Waals surface area contributed by atoms with Gasteiger partial charge >= 0.3 is 0 Å². The van der Waals surface area contributed by atoms with Crippen molar-refractivity contribution in [2.75, 3.05) is 0 Å². The van der Waals surface area contributed by atoms with Crippen LogP contribution in [0.4, 0.5) is 0 Å². The lowest BCUT2D eigenvalue weighted by Crippen LogP contribution is -2.15. The van der Waals surface area contributed by atoms with E-state index < -0.39 is 10.1 Å². The standard InChI is InChI=1S/C12H18O3S/c1-4-12(2,3)11-7-5-6-10(8-11)9-16(13,14)15/h5-8H,4,9H2,1-3H3,(H,13,14,15). The van der Waals surface area contributed by atoms with Crippen LogP contribution in [0, 0.1) is 0 Å². The molecule has 0 spiro atoms. The summed E-state index contributed by atoms with van der Waals surface area (Å²) in [6.07, 6.45) is 0.975. The van der Waals surface area contributed by atoms with Gasteiger partial charge in [0, 0.05) is 0 Å². The average molecular weight is 242 g/mol. The van der Waals surface area contributed by atoms with Crippen LogP contribution >= 0.6 is 0 Å². The fraction of sp³-hybridized carbons (Fsp3) is 0.500. The topological polar surface area (TPSA) is 54.4 Å². The molecule has 0 aliphatic heterocycles. The Balaban J connectivity index is 3.05. The third-order valence-corrected chi connectivity index (χ3v) is 3.64. The molecule has 0 fully saturated rings. The molecule has 3 nitrogen and oxygen atoms in total. The molecule has 1 aromatic carbocycles. The lowest BCUT2D eigenvalue weighted by molar-refractivity contribution is 0.481. The number of hydrogen-bond acceptors (Lipinski definition) is 2. The maximum atomic E-state index is 10.8. The largest absolute Gasteiger partial charge is 0.285 e. The van der Waals surface area contributed by atoms with Gasteiger partial charge in [0.05, 0.1) is 0 Å². The molecular weight excluding hydrogens is 224 g/mol. The van der Waals surface area contributed by atoms with E-state index in [-0.39, 0.29) is 11.2 Å². The van der Waals surface area contributed by atoms with Gasteiger partial charge in [0.1, 0.15) is 5.75 Å². The van der Waals surface area contributed by atoms with Crippen molar-refractivity contribution in [3.8, 4) is 0 Å². The van der Waals surface area contributed by atoms with Crippen LogP contribution < -0.4 is 0 Å². The van der Waals surface area contributed by atoms with Crippen LogP contribution in [-0.4, -0.2) is 13.0 Å². The van der Waals surface area contributed by atoms with Gasteiger partial charge in [-0.3, -0.25) is 4.55 Å². The predicted molar refractivity (Wildman–Crippen MR) is 65.0 cm³/mol. The van der Waals surface area contributed by atoms with Crippen LogP contribution in [0.3, 0.4) is 0 Å². The molecule has 0 saturated heterocycles. The van der Waals surface area contributed by atoms with Gasteiger partial charge in [-0.2, -0.15) is 8.42 Å². The van der Waals surface area contributed by atoms with Crippen molar-refractivity contribution >= 4 is 10.1 Å². The normalized spacial score (nSPS) is 12.8. The van der Waals surface area contributed by atoms with E-state index in [0.717, 1.165) is 12.0 Å². The molecule has 1 aromatic rings. The van der Waals surface area contributed by atoms with Crippen molar-refractivity contribution in [1.82, 2.24) is 0 Å². The zero-order valence-electron chi connectivity index (χ0n) is 9.90. The van der Waals surface area contributed by atoms with E-state index in [9.17, 15) is 8.42 Å². The van der Waals surface area contributed by atoms with E-state index in [2.05, 4.69) is 20.8 Å². The highest BCUT2D eigenvalue weighted by Crippen LogP contribution is 2.27. The molecule has 0 aromatic heterocycles. The Hall–Kier alpha value is -0.870. The molecule has 4 heteroatoms. The molecule has 0 bridgehead atoms. The summed E-state index contributed by atoms with van der Waals surface area (Å²) in [7, 11) is -3.95. The zero-order valence-corrected chi connectivity index (χ0v) is 10.7. The molecule has 0 aliphatic rings. The quantitative estimate of drug-likeness (QED) is 0.826. The predicted octanol–water partition coefficient (Wildman–Crippen LogP) is 2.76. The second-order valence-corrected chi connectivity index (χ2v) is 6.12. The van der Waals surface area contributed by atoms with E-state index in [1.165, 1.54) is 0 Å². The summed E-state index contributed by atoms with van der Waals surface area (Å²) in [5.74, 6) is -0.319. The van der Waals surface area contributed by atoms with Crippen LogP contribution in [0.5, 0.6) is 0 Å². The zero-order chi connectivity index (χ0) is 12.4. The van der Waals surface area contributed by atoms with Gasteiger partial charge in [-0.25, -0.2) is 0 Å². The van der Waals surface area contributed by atoms with Gasteiger partial charge in [0.15, 0.2) is 0 Å². The van der Waals surface area contributed by atoms with Gasteiger partial charge in [-0.05, 0) is 23.0 Å². The number of benzene rings is 1. The van der Waals surface area contributed by atoms with E-state index in [1.54, 1.807) is 6.07 Å². The molecule has 0 saturated carbocycles. The molecule has 1 rings (SSSR count). The molecule has 0 aliphatic carbocycles. The Bertz CT molecular complexity index is 461. The number of hydrogen-bond donors (Lipinski definition) is 1. The van der Waals surface area contributed by atoms with Crippen LogP contribution in [0.2, 0.25) is 0 Å². The number of rotatable bonds is 4. The molecular formula is C12H18O3S. The lowest BCUT2D eigenvalue weighted by atomic mass is 9.82. The van der Waals surface area contributed by atoms with E-state index in [1.807, 2.05) is 18.2 Å². The Kier molecular flexibility index (Phi) is 3.76. The summed E-state index contributed by atoms with van der Waals surface area (Å²) >= 11 is 0. The Morgan fingerprint density at radius 1 is 1.31 bits per heavy atom. The minimum absolute atomic E-state index is 0.0230. The molecule has 90 valence electrons. The molecule has 0 unspecified atom stereocenters. The smallest absolute Gasteiger partial charge is 0.269 e. The van der Waals surface area contributed by atoms with Gasteiger partial charge < -0.3 is 0 Å². The van der Waals surface area contributed by atoms with Crippen LogP contribution in [0.25, 0.3) is 0 Å². The highest BCUT2D eigenvalue weighted by atomic mass is 32.2. The van der Waals surface area contributed by atoms with E-state index >= 15 is 0 Å². The van der Waals surface area contributed by atoms with Crippen molar-refractivity contribution < 1.29 is 13.0 Å². The van der Waals surface area contributed by atoms with Crippen molar-refractivity contribution in [2.24, 2.45) is 0 Å². The molecule has 0 radical (unpaired) electrons. The van der Waals surface area contributed by atoms with Gasteiger partial charge in [-0.15, -0.1) is 0 Å². The van der Waals surface area contributed by atoms with Crippen LogP contribution in [0.1, 0.15) is 38.3 Å². The van der Waals surface area contributed by atoms with Crippen molar-refractivity contribution in [1.29, 1.82) is 0 Å². The second-order valence-electron chi connectivity index (χ2n) is 4.66. The first kappa shape index (κ1) is 13.2. The summed E-state index contributed by atoms with van der Waals surface area (Å²) in [6.45, 7) is 6.31. The van der Waals surface area contributed by atoms with Crippen molar-refractivity contribution in [3.63, 3.8) is 0 Å². The average Bonchev–Trinajstić information content (AvgIpc) is 2.15. The van der Waals surface area contributed by atoms with Crippen LogP contribution in [-0.2, 0) is 21.3 Å². The molecule has 0 atom stereocenters. The third kappa shape index (κ3) is 3.61. The second kappa shape index (κ2) is 4.55. The minimum atomic E-state index is -3.95. The van der Waals surface area contributed by atoms with Crippen molar-refractivity contribution in [3.05, 3.63) is 35.4 Å². The first-order chi connectivity index (χ1) is 7.24. The fourth-order valence-electron chi connectivity index (χ4n) is 1.50. The first-order valence-electron chi connectivity index (χ1n) is 5.29. The third-order valence-electron chi connectivity index (χ3n) is 2.94. The highest BCUT2D eigenvalue weighted by molar-refractivity contribution is 7.85. The molecule has 16 heavy (non-hydrogen) atoms. The highest BCUT2D eigenvalue weighted by Gasteiger charge is 2.18. The molecule has 1 N–H and O–H groups in total. The van der Waals surface area contributed by atoms with Crippen molar-refractivity contribution in [2.45, 2.75) is 38.4 Å². The monoisotopic (exact) mass is 242 g/mol. The van der Waals surface area contributed by atoms with Gasteiger partial charge in [0.2, 0.25) is 0 Å². The summed E-state index contributed by atoms with van der Waals surface area (Å²) in [6, 6.07) is 7.37. The first-order valence-corrected chi connectivity index (χ1v) is 6.90. The van der Waals surface area contributed by atoms with E-state index in [4.69, 9.17) is 4.55 Å². The fourth-order valence-corrected chi connectivity index (χ4v) is 2.10. The molecule has 0 heterocycles. The van der Waals surface area contributed by atoms with Gasteiger partial charge in [0.25, 0.3) is 10.1 Å². The van der Waals surface area contributed by atoms with Gasteiger partial charge in [-0.1, -0.05) is 45.0 Å². The molecule has 0 amide bonds. The van der Waals surface area contributed by atoms with Crippen LogP contribution in [0.15, 0.2) is 24.3 Å². The summed E-state index contributed by atoms with van der Waals surface area (Å²) in [5, 5.41) is 0. The minimum Gasteiger partial charge on any atom is -0.285 e. The van der Waals surface area contributed by atoms with E-state index in [0.29, 0.717) is 5.56 Å². The summed E-state index contributed by atoms with van der Waals surface area (Å²) < 4.78 is 30.4. The Morgan fingerprint density at radius 3 is 2.44 bits per heavy atom. The summed E-state index contributed by atoms with van der Waals surface area (Å²) in [4.78, 5) is 0. The maximum absolute atomic E-state index is 10.8.